The van der Waals surface area contributed by atoms with Gasteiger partial charge in [0.1, 0.15) is 6.61 Å². The van der Waals surface area contributed by atoms with E-state index in [-0.39, 0.29) is 17.8 Å². The van der Waals surface area contributed by atoms with E-state index in [9.17, 15) is 9.59 Å². The number of fused-ring (bicyclic) bond motifs is 1. The van der Waals surface area contributed by atoms with Gasteiger partial charge >= 0.3 is 5.97 Å². The molecule has 0 N–H and O–H groups in total. The van der Waals surface area contributed by atoms with E-state index < -0.39 is 0 Å². The van der Waals surface area contributed by atoms with Crippen LogP contribution in [0.3, 0.4) is 0 Å². The van der Waals surface area contributed by atoms with Crippen molar-refractivity contribution in [3.8, 4) is 0 Å². The van der Waals surface area contributed by atoms with E-state index >= 15 is 0 Å². The van der Waals surface area contributed by atoms with E-state index in [1.54, 1.807) is 30.3 Å². The van der Waals surface area contributed by atoms with Crippen LogP contribution in [0.25, 0.3) is 0 Å². The fourth-order valence-electron chi connectivity index (χ4n) is 3.85. The molecule has 0 aromatic heterocycles. The summed E-state index contributed by atoms with van der Waals surface area (Å²) in [5.74, 6) is 0.0787. The summed E-state index contributed by atoms with van der Waals surface area (Å²) >= 11 is 0. The molecule has 0 saturated carbocycles. The molecule has 164 valence electrons. The molecule has 0 spiro atoms. The smallest absolute Gasteiger partial charge is 0.306 e. The lowest BCUT2D eigenvalue weighted by molar-refractivity contribution is -0.144. The van der Waals surface area contributed by atoms with Gasteiger partial charge in [0.05, 0.1) is 12.8 Å². The van der Waals surface area contributed by atoms with Crippen LogP contribution in [0.15, 0.2) is 47.6 Å². The van der Waals surface area contributed by atoms with Crippen molar-refractivity contribution in [3.63, 3.8) is 0 Å². The van der Waals surface area contributed by atoms with Gasteiger partial charge in [-0.05, 0) is 80.0 Å². The van der Waals surface area contributed by atoms with Crippen LogP contribution in [-0.4, -0.2) is 38.4 Å². The Hall–Kier alpha value is -3.15. The molecule has 2 aromatic rings. The predicted octanol–water partition coefficient (Wildman–Crippen LogP) is 4.39. The Bertz CT molecular complexity index is 937. The zero-order valence-electron chi connectivity index (χ0n) is 18.5. The maximum atomic E-state index is 13.0. The summed E-state index contributed by atoms with van der Waals surface area (Å²) in [7, 11) is 1.79. The Morgan fingerprint density at radius 2 is 1.87 bits per heavy atom. The number of ether oxygens (including phenoxy) is 1. The molecule has 1 amide bonds. The second-order valence-corrected chi connectivity index (χ2v) is 7.71. The molecule has 0 fully saturated rings. The van der Waals surface area contributed by atoms with E-state index in [2.05, 4.69) is 17.3 Å². The maximum absolute atomic E-state index is 13.0. The summed E-state index contributed by atoms with van der Waals surface area (Å²) in [6, 6.07) is 13.4. The number of aryl methyl sites for hydroxylation is 1. The molecule has 6 nitrogen and oxygen atoms in total. The van der Waals surface area contributed by atoms with Crippen molar-refractivity contribution >= 4 is 23.8 Å². The molecule has 0 bridgehead atoms. The van der Waals surface area contributed by atoms with E-state index in [4.69, 9.17) is 9.57 Å². The number of oxime groups is 1. The van der Waals surface area contributed by atoms with Crippen molar-refractivity contribution in [2.24, 2.45) is 11.1 Å². The van der Waals surface area contributed by atoms with Crippen LogP contribution in [0, 0.1) is 5.92 Å². The summed E-state index contributed by atoms with van der Waals surface area (Å²) in [5.41, 5.74) is 4.83. The van der Waals surface area contributed by atoms with Crippen LogP contribution >= 0.6 is 0 Å². The Balaban J connectivity index is 1.69. The molecule has 0 saturated heterocycles. The largest absolute Gasteiger partial charge is 0.466 e. The molecule has 1 unspecified atom stereocenters. The molecule has 1 aliphatic rings. The highest BCUT2D eigenvalue weighted by Gasteiger charge is 2.23. The molecular weight excluding hydrogens is 392 g/mol. The lowest BCUT2D eigenvalue weighted by Gasteiger charge is -2.26. The number of anilines is 1. The third-order valence-electron chi connectivity index (χ3n) is 5.54. The number of amides is 1. The third kappa shape index (κ3) is 5.94. The quantitative estimate of drug-likeness (QED) is 0.359. The molecular formula is C25H30N2O4. The fourth-order valence-corrected chi connectivity index (χ4v) is 3.85. The number of nitrogens with zero attached hydrogens (tertiary/aromatic N) is 2. The SMILES string of the molecule is CCON=Cc1ccc(C(=O)N(C)c2ccc3c(c2)CC(CC(=O)OCC)CC3)cc1. The highest BCUT2D eigenvalue weighted by molar-refractivity contribution is 6.06. The van der Waals surface area contributed by atoms with Crippen LogP contribution in [0.1, 0.15) is 53.7 Å². The van der Waals surface area contributed by atoms with Crippen molar-refractivity contribution in [2.75, 3.05) is 25.2 Å². The molecule has 6 heteroatoms. The molecule has 1 aliphatic carbocycles. The minimum atomic E-state index is -0.130. The predicted molar refractivity (Wildman–Crippen MR) is 122 cm³/mol. The lowest BCUT2D eigenvalue weighted by Crippen LogP contribution is -2.27. The van der Waals surface area contributed by atoms with E-state index in [0.29, 0.717) is 25.2 Å². The first-order valence-corrected chi connectivity index (χ1v) is 10.8. The van der Waals surface area contributed by atoms with E-state index in [0.717, 1.165) is 30.5 Å². The monoisotopic (exact) mass is 422 g/mol. The standard InChI is InChI=1S/C25H30N2O4/c1-4-30-24(28)15-19-8-9-20-12-13-23(16-22(20)14-19)27(3)25(29)21-10-6-18(7-11-21)17-26-31-5-2/h6-7,10-13,16-17,19H,4-5,8-9,14-15H2,1-3H3. The highest BCUT2D eigenvalue weighted by atomic mass is 16.6. The van der Waals surface area contributed by atoms with Gasteiger partial charge in [0, 0.05) is 24.7 Å². The number of rotatable bonds is 8. The highest BCUT2D eigenvalue weighted by Crippen LogP contribution is 2.31. The Morgan fingerprint density at radius 3 is 2.58 bits per heavy atom. The van der Waals surface area contributed by atoms with Gasteiger partial charge in [-0.15, -0.1) is 0 Å². The zero-order chi connectivity index (χ0) is 22.2. The van der Waals surface area contributed by atoms with Crippen LogP contribution in [0.5, 0.6) is 0 Å². The first-order chi connectivity index (χ1) is 15.0. The Labute approximate surface area is 183 Å². The van der Waals surface area contributed by atoms with Gasteiger partial charge in [-0.3, -0.25) is 9.59 Å². The van der Waals surface area contributed by atoms with Gasteiger partial charge in [-0.25, -0.2) is 0 Å². The molecule has 0 aliphatic heterocycles. The molecule has 0 heterocycles. The Morgan fingerprint density at radius 1 is 1.10 bits per heavy atom. The van der Waals surface area contributed by atoms with Crippen molar-refractivity contribution in [1.82, 2.24) is 0 Å². The van der Waals surface area contributed by atoms with Gasteiger partial charge in [0.25, 0.3) is 5.91 Å². The van der Waals surface area contributed by atoms with Crippen LogP contribution in [-0.2, 0) is 27.2 Å². The molecule has 1 atom stereocenters. The van der Waals surface area contributed by atoms with Gasteiger partial charge in [0.15, 0.2) is 0 Å². The second-order valence-electron chi connectivity index (χ2n) is 7.71. The fraction of sp³-hybridized carbons (Fsp3) is 0.400. The van der Waals surface area contributed by atoms with Gasteiger partial charge in [-0.1, -0.05) is 23.4 Å². The number of hydrogen-bond acceptors (Lipinski definition) is 5. The van der Waals surface area contributed by atoms with E-state index in [1.165, 1.54) is 11.1 Å². The van der Waals surface area contributed by atoms with Crippen molar-refractivity contribution in [1.29, 1.82) is 0 Å². The van der Waals surface area contributed by atoms with Crippen LogP contribution in [0.2, 0.25) is 0 Å². The maximum Gasteiger partial charge on any atom is 0.306 e. The summed E-state index contributed by atoms with van der Waals surface area (Å²) in [5, 5.41) is 3.84. The lowest BCUT2D eigenvalue weighted by atomic mass is 9.82. The van der Waals surface area contributed by atoms with Gasteiger partial charge in [-0.2, -0.15) is 0 Å². The summed E-state index contributed by atoms with van der Waals surface area (Å²) < 4.78 is 5.10. The normalized spacial score (nSPS) is 15.4. The number of carbonyl (C=O) groups excluding carboxylic acids is 2. The molecule has 2 aromatic carbocycles. The molecule has 31 heavy (non-hydrogen) atoms. The van der Waals surface area contributed by atoms with Crippen molar-refractivity contribution in [3.05, 3.63) is 64.7 Å². The van der Waals surface area contributed by atoms with Crippen molar-refractivity contribution in [2.45, 2.75) is 39.5 Å². The van der Waals surface area contributed by atoms with Crippen molar-refractivity contribution < 1.29 is 19.2 Å². The number of benzene rings is 2. The van der Waals surface area contributed by atoms with Crippen LogP contribution < -0.4 is 4.90 Å². The Kier molecular flexibility index (Phi) is 7.82. The van der Waals surface area contributed by atoms with Gasteiger partial charge in [0.2, 0.25) is 0 Å². The summed E-state index contributed by atoms with van der Waals surface area (Å²) in [6.45, 7) is 4.63. The zero-order valence-corrected chi connectivity index (χ0v) is 18.5. The number of esters is 1. The van der Waals surface area contributed by atoms with Crippen LogP contribution in [0.4, 0.5) is 5.69 Å². The first-order valence-electron chi connectivity index (χ1n) is 10.8. The summed E-state index contributed by atoms with van der Waals surface area (Å²) in [4.78, 5) is 31.5. The topological polar surface area (TPSA) is 68.2 Å². The minimum Gasteiger partial charge on any atom is -0.466 e. The second kappa shape index (κ2) is 10.8. The first kappa shape index (κ1) is 22.5. The van der Waals surface area contributed by atoms with E-state index in [1.807, 2.05) is 32.0 Å². The molecule has 3 rings (SSSR count). The summed E-state index contributed by atoms with van der Waals surface area (Å²) in [6.07, 6.45) is 4.84. The minimum absolute atomic E-state index is 0.0767. The van der Waals surface area contributed by atoms with Gasteiger partial charge < -0.3 is 14.5 Å². The number of hydrogen-bond donors (Lipinski definition) is 0. The average molecular weight is 423 g/mol. The third-order valence-corrected chi connectivity index (χ3v) is 5.54. The molecule has 0 radical (unpaired) electrons. The average Bonchev–Trinajstić information content (AvgIpc) is 2.78. The number of carbonyl (C=O) groups is 2.